The second-order valence-corrected chi connectivity index (χ2v) is 3.86. The minimum Gasteiger partial charge on any atom is -0.272 e. The fourth-order valence-electron chi connectivity index (χ4n) is 1.72. The second kappa shape index (κ2) is 4.78. The van der Waals surface area contributed by atoms with Crippen LogP contribution in [0.3, 0.4) is 0 Å². The molecule has 88 valence electrons. The van der Waals surface area contributed by atoms with Gasteiger partial charge in [0.2, 0.25) is 0 Å². The van der Waals surface area contributed by atoms with E-state index in [0.29, 0.717) is 13.0 Å². The highest BCUT2D eigenvalue weighted by molar-refractivity contribution is 5.39. The van der Waals surface area contributed by atoms with Gasteiger partial charge in [-0.3, -0.25) is 14.8 Å². The maximum Gasteiger partial charge on any atom is 0.272 e. The van der Waals surface area contributed by atoms with Gasteiger partial charge in [0.05, 0.1) is 10.6 Å². The van der Waals surface area contributed by atoms with E-state index in [1.165, 1.54) is 6.07 Å². The zero-order chi connectivity index (χ0) is 12.3. The van der Waals surface area contributed by atoms with Gasteiger partial charge in [-0.25, -0.2) is 0 Å². The number of nitrogens with zero attached hydrogens (tertiary/aromatic N) is 3. The van der Waals surface area contributed by atoms with E-state index in [1.54, 1.807) is 16.8 Å². The van der Waals surface area contributed by atoms with Gasteiger partial charge in [0.1, 0.15) is 0 Å². The summed E-state index contributed by atoms with van der Waals surface area (Å²) in [7, 11) is 0. The Hall–Kier alpha value is -2.17. The molecule has 1 aromatic carbocycles. The number of nitro benzene ring substituents is 1. The van der Waals surface area contributed by atoms with Gasteiger partial charge in [0.25, 0.3) is 5.69 Å². The van der Waals surface area contributed by atoms with Crippen molar-refractivity contribution in [1.82, 2.24) is 9.78 Å². The molecular weight excluding hydrogens is 218 g/mol. The molecular formula is C12H13N3O2. The van der Waals surface area contributed by atoms with Crippen LogP contribution in [0.25, 0.3) is 0 Å². The van der Waals surface area contributed by atoms with Crippen molar-refractivity contribution >= 4 is 5.69 Å². The fourth-order valence-corrected chi connectivity index (χ4v) is 1.72. The molecule has 17 heavy (non-hydrogen) atoms. The van der Waals surface area contributed by atoms with Crippen LogP contribution >= 0.6 is 0 Å². The second-order valence-electron chi connectivity index (χ2n) is 3.86. The molecule has 0 unspecified atom stereocenters. The van der Waals surface area contributed by atoms with Crippen LogP contribution < -0.4 is 0 Å². The molecule has 0 aliphatic carbocycles. The molecule has 0 amide bonds. The Morgan fingerprint density at radius 1 is 1.35 bits per heavy atom. The predicted molar refractivity (Wildman–Crippen MR) is 63.8 cm³/mol. The molecule has 2 aromatic rings. The van der Waals surface area contributed by atoms with Gasteiger partial charge in [0, 0.05) is 24.4 Å². The Balaban J connectivity index is 2.11. The third-order valence-corrected chi connectivity index (χ3v) is 2.57. The number of rotatable bonds is 4. The van der Waals surface area contributed by atoms with Crippen LogP contribution in [0.5, 0.6) is 0 Å². The molecule has 0 bridgehead atoms. The summed E-state index contributed by atoms with van der Waals surface area (Å²) >= 11 is 0. The topological polar surface area (TPSA) is 61.0 Å². The first-order valence-electron chi connectivity index (χ1n) is 5.39. The SMILES string of the molecule is Cc1ccn(CCc2ccccc2[N+](=O)[O-])n1. The molecule has 0 aliphatic rings. The monoisotopic (exact) mass is 231 g/mol. The van der Waals surface area contributed by atoms with Gasteiger partial charge in [-0.2, -0.15) is 5.10 Å². The third kappa shape index (κ3) is 2.69. The molecule has 0 N–H and O–H groups in total. The third-order valence-electron chi connectivity index (χ3n) is 2.57. The van der Waals surface area contributed by atoms with Crippen LogP contribution in [0.1, 0.15) is 11.3 Å². The van der Waals surface area contributed by atoms with Crippen molar-refractivity contribution in [2.45, 2.75) is 19.9 Å². The van der Waals surface area contributed by atoms with Gasteiger partial charge in [-0.05, 0) is 19.4 Å². The summed E-state index contributed by atoms with van der Waals surface area (Å²) in [5.74, 6) is 0. The van der Waals surface area contributed by atoms with Crippen LogP contribution in [0, 0.1) is 17.0 Å². The van der Waals surface area contributed by atoms with E-state index in [1.807, 2.05) is 25.3 Å². The zero-order valence-corrected chi connectivity index (χ0v) is 9.54. The van der Waals surface area contributed by atoms with Crippen molar-refractivity contribution in [3.05, 3.63) is 57.9 Å². The van der Waals surface area contributed by atoms with Crippen molar-refractivity contribution in [3.63, 3.8) is 0 Å². The molecule has 0 atom stereocenters. The number of benzene rings is 1. The number of aryl methyl sites for hydroxylation is 3. The molecule has 0 aliphatic heterocycles. The first-order valence-corrected chi connectivity index (χ1v) is 5.39. The van der Waals surface area contributed by atoms with Gasteiger partial charge in [0.15, 0.2) is 0 Å². The first-order chi connectivity index (χ1) is 8.16. The van der Waals surface area contributed by atoms with Crippen molar-refractivity contribution in [2.24, 2.45) is 0 Å². The maximum absolute atomic E-state index is 10.8. The van der Waals surface area contributed by atoms with Crippen molar-refractivity contribution < 1.29 is 4.92 Å². The Bertz CT molecular complexity index is 534. The van der Waals surface area contributed by atoms with E-state index < -0.39 is 0 Å². The normalized spacial score (nSPS) is 10.4. The molecule has 0 saturated carbocycles. The van der Waals surface area contributed by atoms with E-state index in [2.05, 4.69) is 5.10 Å². The summed E-state index contributed by atoms with van der Waals surface area (Å²) in [6.45, 7) is 2.57. The van der Waals surface area contributed by atoms with Crippen LogP contribution in [-0.4, -0.2) is 14.7 Å². The number of aromatic nitrogens is 2. The first kappa shape index (κ1) is 11.3. The minimum absolute atomic E-state index is 0.177. The number of nitro groups is 1. The Labute approximate surface area is 98.8 Å². The average Bonchev–Trinajstić information content (AvgIpc) is 2.73. The van der Waals surface area contributed by atoms with Crippen LogP contribution in [0.2, 0.25) is 0 Å². The molecule has 5 nitrogen and oxygen atoms in total. The molecule has 5 heteroatoms. The Morgan fingerprint density at radius 3 is 2.76 bits per heavy atom. The highest BCUT2D eigenvalue weighted by Gasteiger charge is 2.11. The fraction of sp³-hybridized carbons (Fsp3) is 0.250. The van der Waals surface area contributed by atoms with E-state index in [-0.39, 0.29) is 10.6 Å². The summed E-state index contributed by atoms with van der Waals surface area (Å²) in [4.78, 5) is 10.5. The van der Waals surface area contributed by atoms with Crippen LogP contribution in [-0.2, 0) is 13.0 Å². The lowest BCUT2D eigenvalue weighted by Gasteiger charge is -2.03. The molecule has 2 rings (SSSR count). The molecule has 0 spiro atoms. The van der Waals surface area contributed by atoms with Crippen molar-refractivity contribution in [2.75, 3.05) is 0 Å². The predicted octanol–water partition coefficient (Wildman–Crippen LogP) is 2.34. The van der Waals surface area contributed by atoms with Crippen molar-refractivity contribution in [1.29, 1.82) is 0 Å². The maximum atomic E-state index is 10.8. The largest absolute Gasteiger partial charge is 0.272 e. The standard InChI is InChI=1S/C12H13N3O2/c1-10-6-8-14(13-10)9-7-11-4-2-3-5-12(11)15(16)17/h2-6,8H,7,9H2,1H3. The van der Waals surface area contributed by atoms with E-state index in [0.717, 1.165) is 11.3 Å². The van der Waals surface area contributed by atoms with Crippen molar-refractivity contribution in [3.8, 4) is 0 Å². The lowest BCUT2D eigenvalue weighted by Crippen LogP contribution is -2.04. The van der Waals surface area contributed by atoms with E-state index >= 15 is 0 Å². The number of hydrogen-bond donors (Lipinski definition) is 0. The summed E-state index contributed by atoms with van der Waals surface area (Å²) < 4.78 is 1.80. The molecule has 0 saturated heterocycles. The summed E-state index contributed by atoms with van der Waals surface area (Å²) in [6.07, 6.45) is 2.49. The van der Waals surface area contributed by atoms with Gasteiger partial charge in [-0.15, -0.1) is 0 Å². The lowest BCUT2D eigenvalue weighted by molar-refractivity contribution is -0.385. The zero-order valence-electron chi connectivity index (χ0n) is 9.54. The highest BCUT2D eigenvalue weighted by atomic mass is 16.6. The lowest BCUT2D eigenvalue weighted by atomic mass is 10.1. The number of hydrogen-bond acceptors (Lipinski definition) is 3. The van der Waals surface area contributed by atoms with E-state index in [9.17, 15) is 10.1 Å². The molecule has 1 heterocycles. The smallest absolute Gasteiger partial charge is 0.272 e. The minimum atomic E-state index is -0.344. The van der Waals surface area contributed by atoms with Crippen LogP contribution in [0.4, 0.5) is 5.69 Å². The van der Waals surface area contributed by atoms with Gasteiger partial charge < -0.3 is 0 Å². The molecule has 0 radical (unpaired) electrons. The quantitative estimate of drug-likeness (QED) is 0.599. The summed E-state index contributed by atoms with van der Waals surface area (Å²) in [5.41, 5.74) is 1.87. The average molecular weight is 231 g/mol. The van der Waals surface area contributed by atoms with E-state index in [4.69, 9.17) is 0 Å². The van der Waals surface area contributed by atoms with Gasteiger partial charge >= 0.3 is 0 Å². The summed E-state index contributed by atoms with van der Waals surface area (Å²) in [6, 6.07) is 8.73. The molecule has 1 aromatic heterocycles. The summed E-state index contributed by atoms with van der Waals surface area (Å²) in [5, 5.41) is 15.1. The molecule has 0 fully saturated rings. The highest BCUT2D eigenvalue weighted by Crippen LogP contribution is 2.18. The van der Waals surface area contributed by atoms with Crippen LogP contribution in [0.15, 0.2) is 36.5 Å². The Kier molecular flexibility index (Phi) is 3.18. The Morgan fingerprint density at radius 2 is 2.12 bits per heavy atom. The van der Waals surface area contributed by atoms with Gasteiger partial charge in [-0.1, -0.05) is 18.2 Å². The number of para-hydroxylation sites is 1.